The van der Waals surface area contributed by atoms with Gasteiger partial charge in [-0.2, -0.15) is 0 Å². The van der Waals surface area contributed by atoms with Gasteiger partial charge in [0.1, 0.15) is 13.2 Å². The molecule has 2 rings (SSSR count). The lowest BCUT2D eigenvalue weighted by Crippen LogP contribution is -2.17. The van der Waals surface area contributed by atoms with Crippen molar-refractivity contribution in [2.24, 2.45) is 5.73 Å². The molecule has 6 heteroatoms. The van der Waals surface area contributed by atoms with E-state index in [4.69, 9.17) is 15.2 Å². The molecule has 0 aromatic carbocycles. The van der Waals surface area contributed by atoms with Gasteiger partial charge in [-0.15, -0.1) is 24.8 Å². The van der Waals surface area contributed by atoms with Crippen LogP contribution in [0.4, 0.5) is 0 Å². The van der Waals surface area contributed by atoms with Crippen molar-refractivity contribution in [3.63, 3.8) is 0 Å². The Bertz CT molecular complexity index is 297. The van der Waals surface area contributed by atoms with Crippen molar-refractivity contribution < 1.29 is 9.47 Å². The van der Waals surface area contributed by atoms with Crippen LogP contribution in [0, 0.1) is 0 Å². The summed E-state index contributed by atoms with van der Waals surface area (Å²) in [4.78, 5) is 4.16. The first kappa shape index (κ1) is 13.3. The van der Waals surface area contributed by atoms with E-state index < -0.39 is 0 Å². The minimum absolute atomic E-state index is 0. The van der Waals surface area contributed by atoms with Crippen molar-refractivity contribution in [1.29, 1.82) is 0 Å². The minimum atomic E-state index is 0. The quantitative estimate of drug-likeness (QED) is 0.798. The summed E-state index contributed by atoms with van der Waals surface area (Å²) in [6.45, 7) is 1.58. The fourth-order valence-electron chi connectivity index (χ4n) is 1.08. The van der Waals surface area contributed by atoms with Gasteiger partial charge in [0.25, 0.3) is 5.88 Å². The zero-order chi connectivity index (χ0) is 8.39. The highest BCUT2D eigenvalue weighted by atomic mass is 35.5. The topological polar surface area (TPSA) is 57.4 Å². The normalized spacial score (nSPS) is 12.4. The Morgan fingerprint density at radius 2 is 1.93 bits per heavy atom. The third kappa shape index (κ3) is 2.64. The van der Waals surface area contributed by atoms with E-state index in [-0.39, 0.29) is 24.8 Å². The molecule has 0 aliphatic carbocycles. The van der Waals surface area contributed by atoms with Gasteiger partial charge in [-0.1, -0.05) is 0 Å². The van der Waals surface area contributed by atoms with Crippen molar-refractivity contribution in [3.8, 4) is 11.6 Å². The second-order valence-electron chi connectivity index (χ2n) is 2.51. The van der Waals surface area contributed by atoms with E-state index in [1.165, 1.54) is 0 Å². The first-order valence-corrected chi connectivity index (χ1v) is 3.86. The summed E-state index contributed by atoms with van der Waals surface area (Å²) in [6, 6.07) is 3.68. The summed E-state index contributed by atoms with van der Waals surface area (Å²) >= 11 is 0. The van der Waals surface area contributed by atoms with Gasteiger partial charge in [0.05, 0.1) is 5.69 Å². The molecule has 1 aromatic heterocycles. The zero-order valence-electron chi connectivity index (χ0n) is 7.43. The number of nitrogens with two attached hydrogens (primary N) is 1. The van der Waals surface area contributed by atoms with Crippen molar-refractivity contribution in [2.75, 3.05) is 13.2 Å². The highest BCUT2D eigenvalue weighted by Gasteiger charge is 2.12. The molecule has 0 saturated heterocycles. The number of fused-ring (bicyclic) bond motifs is 1. The average Bonchev–Trinajstić information content (AvgIpc) is 2.17. The van der Waals surface area contributed by atoms with Gasteiger partial charge in [0, 0.05) is 6.54 Å². The summed E-state index contributed by atoms with van der Waals surface area (Å²) in [5, 5.41) is 0. The second kappa shape index (κ2) is 5.90. The average molecular weight is 239 g/mol. The molecule has 2 N–H and O–H groups in total. The van der Waals surface area contributed by atoms with Gasteiger partial charge in [0.15, 0.2) is 5.75 Å². The molecule has 4 nitrogen and oxygen atoms in total. The maximum Gasteiger partial charge on any atom is 0.257 e. The SMILES string of the molecule is Cl.Cl.NCc1ccc2c(n1)OCCO2. The summed E-state index contributed by atoms with van der Waals surface area (Å²) in [6.07, 6.45) is 0. The molecule has 0 fully saturated rings. The molecule has 2 heterocycles. The number of hydrogen-bond acceptors (Lipinski definition) is 4. The molecule has 1 aliphatic heterocycles. The molecule has 0 spiro atoms. The van der Waals surface area contributed by atoms with Crippen LogP contribution in [-0.4, -0.2) is 18.2 Å². The molecule has 1 aromatic rings. The van der Waals surface area contributed by atoms with E-state index in [1.807, 2.05) is 12.1 Å². The van der Waals surface area contributed by atoms with Crippen LogP contribution >= 0.6 is 24.8 Å². The van der Waals surface area contributed by atoms with Crippen LogP contribution in [0.3, 0.4) is 0 Å². The summed E-state index contributed by atoms with van der Waals surface area (Å²) in [7, 11) is 0. The lowest BCUT2D eigenvalue weighted by molar-refractivity contribution is 0.164. The Morgan fingerprint density at radius 1 is 1.21 bits per heavy atom. The molecular formula is C8H12Cl2N2O2. The Morgan fingerprint density at radius 3 is 2.64 bits per heavy atom. The van der Waals surface area contributed by atoms with Crippen LogP contribution in [0.25, 0.3) is 0 Å². The number of nitrogens with zero attached hydrogens (tertiary/aromatic N) is 1. The Balaban J connectivity index is 0.000000845. The molecule has 0 unspecified atom stereocenters. The molecule has 0 amide bonds. The van der Waals surface area contributed by atoms with Crippen LogP contribution in [0.2, 0.25) is 0 Å². The number of pyridine rings is 1. The van der Waals surface area contributed by atoms with Crippen molar-refractivity contribution >= 4 is 24.8 Å². The van der Waals surface area contributed by atoms with Crippen molar-refractivity contribution in [1.82, 2.24) is 4.98 Å². The third-order valence-corrected chi connectivity index (χ3v) is 1.67. The smallest absolute Gasteiger partial charge is 0.257 e. The first-order valence-electron chi connectivity index (χ1n) is 3.86. The maximum atomic E-state index is 5.42. The van der Waals surface area contributed by atoms with E-state index in [9.17, 15) is 0 Å². The largest absolute Gasteiger partial charge is 0.484 e. The molecule has 80 valence electrons. The van der Waals surface area contributed by atoms with E-state index in [1.54, 1.807) is 0 Å². The highest BCUT2D eigenvalue weighted by molar-refractivity contribution is 5.85. The maximum absolute atomic E-state index is 5.42. The predicted molar refractivity (Wildman–Crippen MR) is 57.6 cm³/mol. The number of aromatic nitrogens is 1. The third-order valence-electron chi connectivity index (χ3n) is 1.67. The highest BCUT2D eigenvalue weighted by Crippen LogP contribution is 2.27. The van der Waals surface area contributed by atoms with Crippen molar-refractivity contribution in [3.05, 3.63) is 17.8 Å². The second-order valence-corrected chi connectivity index (χ2v) is 2.51. The minimum Gasteiger partial charge on any atom is -0.484 e. The Kier molecular flexibility index (Phi) is 5.60. The summed E-state index contributed by atoms with van der Waals surface area (Å²) in [5.41, 5.74) is 6.24. The van der Waals surface area contributed by atoms with E-state index >= 15 is 0 Å². The number of hydrogen-bond donors (Lipinski definition) is 1. The van der Waals surface area contributed by atoms with Gasteiger partial charge in [0.2, 0.25) is 0 Å². The number of ether oxygens (including phenoxy) is 2. The molecule has 0 bridgehead atoms. The van der Waals surface area contributed by atoms with E-state index in [2.05, 4.69) is 4.98 Å². The lowest BCUT2D eigenvalue weighted by atomic mass is 10.3. The summed E-state index contributed by atoms with van der Waals surface area (Å²) in [5.74, 6) is 1.27. The van der Waals surface area contributed by atoms with Gasteiger partial charge < -0.3 is 15.2 Å². The van der Waals surface area contributed by atoms with Gasteiger partial charge in [-0.25, -0.2) is 4.98 Å². The van der Waals surface area contributed by atoms with Crippen LogP contribution < -0.4 is 15.2 Å². The van der Waals surface area contributed by atoms with Crippen molar-refractivity contribution in [2.45, 2.75) is 6.54 Å². The number of rotatable bonds is 1. The monoisotopic (exact) mass is 238 g/mol. The van der Waals surface area contributed by atoms with Crippen LogP contribution in [0.5, 0.6) is 11.6 Å². The molecule has 0 saturated carbocycles. The van der Waals surface area contributed by atoms with E-state index in [0.717, 1.165) is 5.69 Å². The Hall–Kier alpha value is -0.710. The lowest BCUT2D eigenvalue weighted by Gasteiger charge is -2.17. The molecular weight excluding hydrogens is 227 g/mol. The number of halogens is 2. The van der Waals surface area contributed by atoms with Gasteiger partial charge in [-0.3, -0.25) is 0 Å². The van der Waals surface area contributed by atoms with Crippen LogP contribution in [0.15, 0.2) is 12.1 Å². The fraction of sp³-hybridized carbons (Fsp3) is 0.375. The first-order chi connectivity index (χ1) is 5.90. The molecule has 1 aliphatic rings. The predicted octanol–water partition coefficient (Wildman–Crippen LogP) is 1.16. The fourth-order valence-corrected chi connectivity index (χ4v) is 1.08. The molecule has 14 heavy (non-hydrogen) atoms. The standard InChI is InChI=1S/C8H10N2O2.2ClH/c9-5-6-1-2-7-8(10-6)12-4-3-11-7;;/h1-2H,3-5,9H2;2*1H. The molecule has 0 atom stereocenters. The summed E-state index contributed by atoms with van der Waals surface area (Å²) < 4.78 is 10.6. The van der Waals surface area contributed by atoms with Crippen LogP contribution in [0.1, 0.15) is 5.69 Å². The van der Waals surface area contributed by atoms with Gasteiger partial charge >= 0.3 is 0 Å². The van der Waals surface area contributed by atoms with E-state index in [0.29, 0.717) is 31.4 Å². The molecule has 0 radical (unpaired) electrons. The van der Waals surface area contributed by atoms with Gasteiger partial charge in [-0.05, 0) is 12.1 Å². The zero-order valence-corrected chi connectivity index (χ0v) is 9.07. The Labute approximate surface area is 94.6 Å². The van der Waals surface area contributed by atoms with Crippen LogP contribution in [-0.2, 0) is 6.54 Å².